The summed E-state index contributed by atoms with van der Waals surface area (Å²) in [5, 5.41) is 19.1. The van der Waals surface area contributed by atoms with Crippen LogP contribution < -0.4 is 5.32 Å². The summed E-state index contributed by atoms with van der Waals surface area (Å²) >= 11 is 0. The SMILES string of the molecule is Cc1nccc(CNCCn2cc(C(=O)O)nn2)n1. The number of aromatic carboxylic acids is 1. The van der Waals surface area contributed by atoms with Crippen LogP contribution in [0.25, 0.3) is 0 Å². The first-order valence-corrected chi connectivity index (χ1v) is 5.78. The van der Waals surface area contributed by atoms with Gasteiger partial charge in [0.05, 0.1) is 18.4 Å². The van der Waals surface area contributed by atoms with E-state index in [4.69, 9.17) is 5.11 Å². The first-order chi connectivity index (χ1) is 9.15. The Balaban J connectivity index is 1.76. The molecule has 8 heteroatoms. The molecule has 2 aromatic heterocycles. The average molecular weight is 262 g/mol. The van der Waals surface area contributed by atoms with Crippen molar-refractivity contribution >= 4 is 5.97 Å². The van der Waals surface area contributed by atoms with Crippen molar-refractivity contribution < 1.29 is 9.90 Å². The first kappa shape index (κ1) is 13.1. The molecule has 0 unspecified atom stereocenters. The quantitative estimate of drug-likeness (QED) is 0.698. The zero-order valence-corrected chi connectivity index (χ0v) is 10.4. The van der Waals surface area contributed by atoms with Crippen LogP contribution in [0.2, 0.25) is 0 Å². The standard InChI is InChI=1S/C11H14N6O2/c1-8-13-3-2-9(14-8)6-12-4-5-17-7-10(11(18)19)15-16-17/h2-3,7,12H,4-6H2,1H3,(H,18,19). The summed E-state index contributed by atoms with van der Waals surface area (Å²) in [6, 6.07) is 1.85. The van der Waals surface area contributed by atoms with Gasteiger partial charge >= 0.3 is 5.97 Å². The Bertz CT molecular complexity index is 568. The molecule has 2 heterocycles. The van der Waals surface area contributed by atoms with E-state index in [2.05, 4.69) is 25.6 Å². The summed E-state index contributed by atoms with van der Waals surface area (Å²) in [5.41, 5.74) is 0.865. The van der Waals surface area contributed by atoms with E-state index in [0.717, 1.165) is 11.5 Å². The van der Waals surface area contributed by atoms with Crippen LogP contribution in [0.5, 0.6) is 0 Å². The van der Waals surface area contributed by atoms with Gasteiger partial charge < -0.3 is 10.4 Å². The smallest absolute Gasteiger partial charge is 0.358 e. The first-order valence-electron chi connectivity index (χ1n) is 5.78. The molecule has 0 aromatic carbocycles. The van der Waals surface area contributed by atoms with Crippen LogP contribution in [0.4, 0.5) is 0 Å². The third-order valence-electron chi connectivity index (χ3n) is 2.42. The normalized spacial score (nSPS) is 10.6. The zero-order valence-electron chi connectivity index (χ0n) is 10.4. The number of carboxylic acids is 1. The molecule has 0 radical (unpaired) electrons. The van der Waals surface area contributed by atoms with Gasteiger partial charge in [0.25, 0.3) is 0 Å². The van der Waals surface area contributed by atoms with E-state index in [0.29, 0.717) is 19.6 Å². The monoisotopic (exact) mass is 262 g/mol. The molecule has 2 N–H and O–H groups in total. The maximum Gasteiger partial charge on any atom is 0.358 e. The third kappa shape index (κ3) is 3.81. The topological polar surface area (TPSA) is 106 Å². The second kappa shape index (κ2) is 6.01. The maximum atomic E-state index is 10.6. The van der Waals surface area contributed by atoms with Crippen LogP contribution in [-0.4, -0.2) is 42.6 Å². The van der Waals surface area contributed by atoms with Gasteiger partial charge in [0.15, 0.2) is 5.69 Å². The molecule has 0 saturated heterocycles. The summed E-state index contributed by atoms with van der Waals surface area (Å²) in [6.07, 6.45) is 3.12. The Morgan fingerprint density at radius 3 is 3.05 bits per heavy atom. The van der Waals surface area contributed by atoms with Gasteiger partial charge in [0, 0.05) is 19.3 Å². The van der Waals surface area contributed by atoms with Gasteiger partial charge in [-0.05, 0) is 13.0 Å². The molecular formula is C11H14N6O2. The lowest BCUT2D eigenvalue weighted by atomic mass is 10.4. The van der Waals surface area contributed by atoms with Crippen LogP contribution in [-0.2, 0) is 13.1 Å². The van der Waals surface area contributed by atoms with Gasteiger partial charge in [0.2, 0.25) is 0 Å². The lowest BCUT2D eigenvalue weighted by Crippen LogP contribution is -2.20. The Hall–Kier alpha value is -2.35. The highest BCUT2D eigenvalue weighted by molar-refractivity contribution is 5.84. The molecule has 8 nitrogen and oxygen atoms in total. The van der Waals surface area contributed by atoms with Crippen molar-refractivity contribution in [3.63, 3.8) is 0 Å². The van der Waals surface area contributed by atoms with E-state index in [1.54, 1.807) is 6.20 Å². The highest BCUT2D eigenvalue weighted by atomic mass is 16.4. The minimum atomic E-state index is -1.07. The Morgan fingerprint density at radius 2 is 2.37 bits per heavy atom. The fourth-order valence-corrected chi connectivity index (χ4v) is 1.52. The summed E-state index contributed by atoms with van der Waals surface area (Å²) in [7, 11) is 0. The highest BCUT2D eigenvalue weighted by Crippen LogP contribution is 1.94. The van der Waals surface area contributed by atoms with Crippen molar-refractivity contribution in [1.82, 2.24) is 30.3 Å². The number of nitrogens with one attached hydrogen (secondary N) is 1. The van der Waals surface area contributed by atoms with Crippen molar-refractivity contribution in [3.8, 4) is 0 Å². The molecule has 0 amide bonds. The molecule has 0 aliphatic rings. The van der Waals surface area contributed by atoms with Gasteiger partial charge in [-0.15, -0.1) is 5.10 Å². The molecule has 0 atom stereocenters. The van der Waals surface area contributed by atoms with E-state index >= 15 is 0 Å². The minimum Gasteiger partial charge on any atom is -0.476 e. The van der Waals surface area contributed by atoms with Crippen molar-refractivity contribution in [2.75, 3.05) is 6.54 Å². The Morgan fingerprint density at radius 1 is 1.53 bits per heavy atom. The van der Waals surface area contributed by atoms with Crippen molar-refractivity contribution in [2.24, 2.45) is 0 Å². The Kier molecular flexibility index (Phi) is 4.14. The molecular weight excluding hydrogens is 248 g/mol. The number of rotatable bonds is 6. The van der Waals surface area contributed by atoms with Crippen LogP contribution in [0.3, 0.4) is 0 Å². The largest absolute Gasteiger partial charge is 0.476 e. The van der Waals surface area contributed by atoms with Crippen LogP contribution >= 0.6 is 0 Å². The second-order valence-corrected chi connectivity index (χ2v) is 3.94. The summed E-state index contributed by atoms with van der Waals surface area (Å²) in [5.74, 6) is -0.336. The molecule has 2 aromatic rings. The lowest BCUT2D eigenvalue weighted by molar-refractivity contribution is 0.0690. The van der Waals surface area contributed by atoms with Gasteiger partial charge in [-0.2, -0.15) is 0 Å². The molecule has 0 saturated carbocycles. The molecule has 19 heavy (non-hydrogen) atoms. The maximum absolute atomic E-state index is 10.6. The third-order valence-corrected chi connectivity index (χ3v) is 2.42. The van der Waals surface area contributed by atoms with Crippen LogP contribution in [0.15, 0.2) is 18.5 Å². The number of aryl methyl sites for hydroxylation is 1. The van der Waals surface area contributed by atoms with E-state index in [1.807, 2.05) is 13.0 Å². The second-order valence-electron chi connectivity index (χ2n) is 3.94. The number of nitrogens with zero attached hydrogens (tertiary/aromatic N) is 5. The van der Waals surface area contributed by atoms with Gasteiger partial charge in [0.1, 0.15) is 5.82 Å². The lowest BCUT2D eigenvalue weighted by Gasteiger charge is -2.04. The van der Waals surface area contributed by atoms with E-state index in [-0.39, 0.29) is 5.69 Å². The minimum absolute atomic E-state index is 0.0496. The average Bonchev–Trinajstić information content (AvgIpc) is 2.84. The van der Waals surface area contributed by atoms with E-state index in [9.17, 15) is 4.79 Å². The fourth-order valence-electron chi connectivity index (χ4n) is 1.52. The van der Waals surface area contributed by atoms with Crippen LogP contribution in [0.1, 0.15) is 22.0 Å². The predicted octanol–water partition coefficient (Wildman–Crippen LogP) is -0.135. The molecule has 100 valence electrons. The predicted molar refractivity (Wildman–Crippen MR) is 65.5 cm³/mol. The summed E-state index contributed by atoms with van der Waals surface area (Å²) in [4.78, 5) is 18.9. The number of hydrogen-bond acceptors (Lipinski definition) is 6. The zero-order chi connectivity index (χ0) is 13.7. The van der Waals surface area contributed by atoms with Crippen LogP contribution in [0, 0.1) is 6.92 Å². The number of aromatic nitrogens is 5. The number of carbonyl (C=O) groups is 1. The summed E-state index contributed by atoms with van der Waals surface area (Å²) < 4.78 is 1.49. The molecule has 0 aliphatic carbocycles. The Labute approximate surface area is 109 Å². The molecule has 0 bridgehead atoms. The van der Waals surface area contributed by atoms with Crippen molar-refractivity contribution in [3.05, 3.63) is 35.7 Å². The molecule has 0 fully saturated rings. The van der Waals surface area contributed by atoms with Gasteiger partial charge in [-0.25, -0.2) is 14.8 Å². The van der Waals surface area contributed by atoms with Gasteiger partial charge in [-0.3, -0.25) is 4.68 Å². The van der Waals surface area contributed by atoms with Crippen molar-refractivity contribution in [1.29, 1.82) is 0 Å². The van der Waals surface area contributed by atoms with E-state index in [1.165, 1.54) is 10.9 Å². The highest BCUT2D eigenvalue weighted by Gasteiger charge is 2.07. The molecule has 0 spiro atoms. The van der Waals surface area contributed by atoms with Crippen molar-refractivity contribution in [2.45, 2.75) is 20.0 Å². The van der Waals surface area contributed by atoms with E-state index < -0.39 is 5.97 Å². The molecule has 0 aliphatic heterocycles. The fraction of sp³-hybridized carbons (Fsp3) is 0.364. The van der Waals surface area contributed by atoms with Gasteiger partial charge in [-0.1, -0.05) is 5.21 Å². The number of carboxylic acid groups (broad SMARTS) is 1. The number of hydrogen-bond donors (Lipinski definition) is 2. The summed E-state index contributed by atoms with van der Waals surface area (Å²) in [6.45, 7) is 3.66. The molecule has 2 rings (SSSR count).